The van der Waals surface area contributed by atoms with E-state index in [1.54, 1.807) is 24.3 Å². The number of benzene rings is 2. The van der Waals surface area contributed by atoms with Crippen molar-refractivity contribution in [1.82, 2.24) is 0 Å². The van der Waals surface area contributed by atoms with Crippen LogP contribution in [0.3, 0.4) is 0 Å². The van der Waals surface area contributed by atoms with Gasteiger partial charge in [-0.1, -0.05) is 24.3 Å². The number of hydrogen-bond donors (Lipinski definition) is 1. The Morgan fingerprint density at radius 3 is 2.48 bits per heavy atom. The summed E-state index contributed by atoms with van der Waals surface area (Å²) in [4.78, 5) is 23.9. The van der Waals surface area contributed by atoms with Crippen LogP contribution in [0, 0.1) is 0 Å². The van der Waals surface area contributed by atoms with E-state index in [2.05, 4.69) is 5.32 Å². The van der Waals surface area contributed by atoms with Crippen molar-refractivity contribution in [3.8, 4) is 11.5 Å². The quantitative estimate of drug-likeness (QED) is 0.825. The minimum absolute atomic E-state index is 0.103. The van der Waals surface area contributed by atoms with Crippen molar-refractivity contribution in [1.29, 1.82) is 0 Å². The molecular weight excluding hydrogens is 367 g/mol. The van der Waals surface area contributed by atoms with Gasteiger partial charge in [0.2, 0.25) is 6.10 Å². The molecule has 0 radical (unpaired) electrons. The van der Waals surface area contributed by atoms with E-state index in [-0.39, 0.29) is 6.61 Å². The maximum atomic E-state index is 12.9. The van der Waals surface area contributed by atoms with Gasteiger partial charge in [-0.15, -0.1) is 0 Å². The monoisotopic (exact) mass is 381 g/mol. The normalized spacial score (nSPS) is 15.7. The number of carbonyl (C=O) groups is 2. The van der Waals surface area contributed by atoms with Gasteiger partial charge in [-0.25, -0.2) is 4.79 Å². The number of alkyl halides is 3. The Morgan fingerprint density at radius 1 is 1.07 bits per heavy atom. The lowest BCUT2D eigenvalue weighted by Crippen LogP contribution is -2.39. The molecule has 0 saturated heterocycles. The summed E-state index contributed by atoms with van der Waals surface area (Å²) in [5, 5.41) is 2.08. The average molecular weight is 381 g/mol. The molecule has 1 aliphatic rings. The molecular formula is C18H14F3NO5. The summed E-state index contributed by atoms with van der Waals surface area (Å²) < 4.78 is 54.3. The number of ether oxygens (including phenoxy) is 3. The number of carbonyl (C=O) groups excluding carboxylic acids is 2. The molecule has 0 spiro atoms. The fraction of sp³-hybridized carbons (Fsp3) is 0.222. The number of fused-ring (bicyclic) bond motifs is 1. The molecule has 1 N–H and O–H groups in total. The molecule has 142 valence electrons. The Labute approximate surface area is 151 Å². The molecule has 6 nitrogen and oxygen atoms in total. The molecule has 0 unspecified atom stereocenters. The second-order valence-corrected chi connectivity index (χ2v) is 5.56. The van der Waals surface area contributed by atoms with Crippen molar-refractivity contribution in [3.63, 3.8) is 0 Å². The molecule has 1 heterocycles. The standard InChI is InChI=1S/C18H14F3NO5/c19-18(20,21)11-5-1-2-6-12(11)22-16(23)10-26-17(24)15-9-25-13-7-3-4-8-14(13)27-15/h1-8,15H,9-10H2,(H,22,23)/t15-/m1/s1. The van der Waals surface area contributed by atoms with Crippen LogP contribution in [0.4, 0.5) is 18.9 Å². The maximum Gasteiger partial charge on any atom is 0.418 e. The molecule has 9 heteroatoms. The SMILES string of the molecule is O=C(COC(=O)[C@H]1COc2ccccc2O1)Nc1ccccc1C(F)(F)F. The highest BCUT2D eigenvalue weighted by Gasteiger charge is 2.34. The zero-order valence-electron chi connectivity index (χ0n) is 13.8. The van der Waals surface area contributed by atoms with Gasteiger partial charge in [-0.05, 0) is 24.3 Å². The van der Waals surface area contributed by atoms with Gasteiger partial charge in [0, 0.05) is 0 Å². The number of halogens is 3. The molecule has 0 fully saturated rings. The van der Waals surface area contributed by atoms with Gasteiger partial charge < -0.3 is 19.5 Å². The first-order valence-electron chi connectivity index (χ1n) is 7.86. The third-order valence-electron chi connectivity index (χ3n) is 3.62. The van der Waals surface area contributed by atoms with Crippen LogP contribution in [0.5, 0.6) is 11.5 Å². The van der Waals surface area contributed by atoms with Crippen LogP contribution in [0.15, 0.2) is 48.5 Å². The van der Waals surface area contributed by atoms with Gasteiger partial charge in [0.15, 0.2) is 18.1 Å². The summed E-state index contributed by atoms with van der Waals surface area (Å²) in [6.07, 6.45) is -5.70. The van der Waals surface area contributed by atoms with E-state index < -0.39 is 42.0 Å². The predicted octanol–water partition coefficient (Wildman–Crippen LogP) is 3.03. The summed E-state index contributed by atoms with van der Waals surface area (Å²) in [5.74, 6) is -0.932. The lowest BCUT2D eigenvalue weighted by molar-refractivity contribution is -0.156. The third kappa shape index (κ3) is 4.49. The summed E-state index contributed by atoms with van der Waals surface area (Å²) in [6, 6.07) is 11.2. The lowest BCUT2D eigenvalue weighted by Gasteiger charge is -2.24. The largest absolute Gasteiger partial charge is 0.485 e. The molecule has 0 aromatic heterocycles. The first kappa shape index (κ1) is 18.6. The second kappa shape index (κ2) is 7.56. The lowest BCUT2D eigenvalue weighted by atomic mass is 10.1. The van der Waals surface area contributed by atoms with Crippen molar-refractivity contribution in [2.75, 3.05) is 18.5 Å². The minimum Gasteiger partial charge on any atom is -0.485 e. The first-order chi connectivity index (χ1) is 12.8. The molecule has 27 heavy (non-hydrogen) atoms. The van der Waals surface area contributed by atoms with Gasteiger partial charge in [0.1, 0.15) is 6.61 Å². The molecule has 2 aromatic rings. The van der Waals surface area contributed by atoms with Crippen molar-refractivity contribution in [2.24, 2.45) is 0 Å². The first-order valence-corrected chi connectivity index (χ1v) is 7.86. The maximum absolute atomic E-state index is 12.9. The summed E-state index contributed by atoms with van der Waals surface area (Å²) in [5.41, 5.74) is -1.41. The van der Waals surface area contributed by atoms with Crippen LogP contribution in [-0.2, 0) is 20.5 Å². The van der Waals surface area contributed by atoms with Crippen molar-refractivity contribution in [2.45, 2.75) is 12.3 Å². The van der Waals surface area contributed by atoms with Crippen LogP contribution in [0.25, 0.3) is 0 Å². The van der Waals surface area contributed by atoms with Crippen LogP contribution < -0.4 is 14.8 Å². The molecule has 1 atom stereocenters. The van der Waals surface area contributed by atoms with Gasteiger partial charge in [0.05, 0.1) is 11.3 Å². The van der Waals surface area contributed by atoms with E-state index in [4.69, 9.17) is 14.2 Å². The van der Waals surface area contributed by atoms with Crippen LogP contribution in [0.1, 0.15) is 5.56 Å². The summed E-state index contributed by atoms with van der Waals surface area (Å²) in [6.45, 7) is -0.860. The second-order valence-electron chi connectivity index (χ2n) is 5.56. The number of nitrogens with one attached hydrogen (secondary N) is 1. The minimum atomic E-state index is -4.62. The summed E-state index contributed by atoms with van der Waals surface area (Å²) >= 11 is 0. The molecule has 0 aliphatic carbocycles. The highest BCUT2D eigenvalue weighted by Crippen LogP contribution is 2.34. The molecule has 0 bridgehead atoms. The Kier molecular flexibility index (Phi) is 5.20. The molecule has 1 amide bonds. The molecule has 1 aliphatic heterocycles. The highest BCUT2D eigenvalue weighted by atomic mass is 19.4. The topological polar surface area (TPSA) is 73.9 Å². The molecule has 2 aromatic carbocycles. The number of amides is 1. The van der Waals surface area contributed by atoms with E-state index in [0.717, 1.165) is 12.1 Å². The number of hydrogen-bond acceptors (Lipinski definition) is 5. The number of para-hydroxylation sites is 3. The number of esters is 1. The van der Waals surface area contributed by atoms with Gasteiger partial charge >= 0.3 is 12.1 Å². The number of anilines is 1. The van der Waals surface area contributed by atoms with Crippen molar-refractivity contribution >= 4 is 17.6 Å². The van der Waals surface area contributed by atoms with Gasteiger partial charge in [-0.2, -0.15) is 13.2 Å². The van der Waals surface area contributed by atoms with E-state index in [9.17, 15) is 22.8 Å². The van der Waals surface area contributed by atoms with Crippen molar-refractivity contribution < 1.29 is 37.0 Å². The van der Waals surface area contributed by atoms with Gasteiger partial charge in [-0.3, -0.25) is 4.79 Å². The van der Waals surface area contributed by atoms with E-state index in [0.29, 0.717) is 11.5 Å². The average Bonchev–Trinajstić information content (AvgIpc) is 2.65. The smallest absolute Gasteiger partial charge is 0.418 e. The van der Waals surface area contributed by atoms with E-state index in [1.165, 1.54) is 12.1 Å². The Morgan fingerprint density at radius 2 is 1.74 bits per heavy atom. The fourth-order valence-corrected chi connectivity index (χ4v) is 2.39. The predicted molar refractivity (Wildman–Crippen MR) is 87.4 cm³/mol. The van der Waals surface area contributed by atoms with E-state index >= 15 is 0 Å². The van der Waals surface area contributed by atoms with Crippen molar-refractivity contribution in [3.05, 3.63) is 54.1 Å². The third-order valence-corrected chi connectivity index (χ3v) is 3.62. The van der Waals surface area contributed by atoms with E-state index in [1.807, 2.05) is 0 Å². The Balaban J connectivity index is 1.55. The number of rotatable bonds is 4. The summed E-state index contributed by atoms with van der Waals surface area (Å²) in [7, 11) is 0. The molecule has 3 rings (SSSR count). The van der Waals surface area contributed by atoms with Crippen LogP contribution in [-0.4, -0.2) is 31.2 Å². The zero-order chi connectivity index (χ0) is 19.4. The molecule has 0 saturated carbocycles. The van der Waals surface area contributed by atoms with Crippen LogP contribution in [0.2, 0.25) is 0 Å². The van der Waals surface area contributed by atoms with Gasteiger partial charge in [0.25, 0.3) is 5.91 Å². The highest BCUT2D eigenvalue weighted by molar-refractivity contribution is 5.93. The zero-order valence-corrected chi connectivity index (χ0v) is 13.8. The Hall–Kier alpha value is -3.23. The Bertz CT molecular complexity index is 853. The van der Waals surface area contributed by atoms with Crippen LogP contribution >= 0.6 is 0 Å². The fourth-order valence-electron chi connectivity index (χ4n) is 2.39.